The number of nitrogens with two attached hydrogens (primary N) is 1. The van der Waals surface area contributed by atoms with E-state index in [1.54, 1.807) is 13.8 Å². The minimum atomic E-state index is -1.30. The van der Waals surface area contributed by atoms with E-state index in [2.05, 4.69) is 0 Å². The second-order valence-corrected chi connectivity index (χ2v) is 4.23. The normalized spacial score (nSPS) is 12.8. The van der Waals surface area contributed by atoms with Crippen LogP contribution in [0.5, 0.6) is 0 Å². The average molecular weight is 243 g/mol. The molecule has 3 N–H and O–H groups in total. The van der Waals surface area contributed by atoms with Gasteiger partial charge >= 0.3 is 5.97 Å². The van der Waals surface area contributed by atoms with Crippen molar-refractivity contribution in [3.63, 3.8) is 0 Å². The minimum Gasteiger partial charge on any atom is -0.480 e. The predicted octanol–water partition coefficient (Wildman–Crippen LogP) is 2.04. The van der Waals surface area contributed by atoms with Crippen LogP contribution >= 0.6 is 0 Å². The van der Waals surface area contributed by atoms with Crippen LogP contribution in [0.3, 0.4) is 0 Å². The molecule has 0 aliphatic heterocycles. The standard InChI is InChI=1S/C12H15F2NO2/c1-6(2)7-3-4-9(13)8(11(7)14)5-10(15)12(16)17/h3-4,6,10H,5,15H2,1-2H3,(H,16,17). The average Bonchev–Trinajstić information content (AvgIpc) is 2.22. The Hall–Kier alpha value is -1.49. The lowest BCUT2D eigenvalue weighted by molar-refractivity contribution is -0.138. The van der Waals surface area contributed by atoms with Gasteiger partial charge in [0.1, 0.15) is 17.7 Å². The van der Waals surface area contributed by atoms with Gasteiger partial charge in [-0.05, 0) is 17.5 Å². The number of carboxylic acid groups (broad SMARTS) is 1. The number of carbonyl (C=O) groups is 1. The van der Waals surface area contributed by atoms with Crippen molar-refractivity contribution in [3.8, 4) is 0 Å². The Bertz CT molecular complexity index is 433. The second kappa shape index (κ2) is 5.23. The predicted molar refractivity (Wildman–Crippen MR) is 59.8 cm³/mol. The van der Waals surface area contributed by atoms with Crippen LogP contribution in [0.1, 0.15) is 30.9 Å². The lowest BCUT2D eigenvalue weighted by Gasteiger charge is -2.13. The van der Waals surface area contributed by atoms with Gasteiger partial charge < -0.3 is 10.8 Å². The molecule has 1 atom stereocenters. The molecule has 0 bridgehead atoms. The highest BCUT2D eigenvalue weighted by Gasteiger charge is 2.20. The van der Waals surface area contributed by atoms with Crippen molar-refractivity contribution in [2.24, 2.45) is 5.73 Å². The van der Waals surface area contributed by atoms with Gasteiger partial charge in [-0.15, -0.1) is 0 Å². The molecular formula is C12H15F2NO2. The smallest absolute Gasteiger partial charge is 0.320 e. The summed E-state index contributed by atoms with van der Waals surface area (Å²) in [6, 6.07) is 1.20. The summed E-state index contributed by atoms with van der Waals surface area (Å²) in [5.74, 6) is -2.84. The Morgan fingerprint density at radius 3 is 2.47 bits per heavy atom. The van der Waals surface area contributed by atoms with Crippen molar-refractivity contribution in [2.45, 2.75) is 32.2 Å². The van der Waals surface area contributed by atoms with E-state index in [9.17, 15) is 13.6 Å². The Balaban J connectivity index is 3.14. The number of hydrogen-bond acceptors (Lipinski definition) is 2. The van der Waals surface area contributed by atoms with E-state index in [4.69, 9.17) is 10.8 Å². The van der Waals surface area contributed by atoms with Crippen molar-refractivity contribution >= 4 is 5.97 Å². The van der Waals surface area contributed by atoms with Gasteiger partial charge in [0.15, 0.2) is 0 Å². The quantitative estimate of drug-likeness (QED) is 0.850. The maximum atomic E-state index is 13.9. The lowest BCUT2D eigenvalue weighted by atomic mass is 9.96. The van der Waals surface area contributed by atoms with Crippen molar-refractivity contribution in [1.82, 2.24) is 0 Å². The van der Waals surface area contributed by atoms with E-state index in [1.165, 1.54) is 6.07 Å². The van der Waals surface area contributed by atoms with E-state index in [0.29, 0.717) is 5.56 Å². The van der Waals surface area contributed by atoms with E-state index in [0.717, 1.165) is 6.07 Å². The topological polar surface area (TPSA) is 63.3 Å². The van der Waals surface area contributed by atoms with Crippen LogP contribution in [0.25, 0.3) is 0 Å². The molecule has 1 unspecified atom stereocenters. The molecule has 0 radical (unpaired) electrons. The van der Waals surface area contributed by atoms with Crippen LogP contribution in [0, 0.1) is 11.6 Å². The molecule has 0 amide bonds. The van der Waals surface area contributed by atoms with Gasteiger partial charge in [0.2, 0.25) is 0 Å². The van der Waals surface area contributed by atoms with Gasteiger partial charge in [-0.2, -0.15) is 0 Å². The van der Waals surface area contributed by atoms with Gasteiger partial charge in [0.25, 0.3) is 0 Å². The monoisotopic (exact) mass is 243 g/mol. The highest BCUT2D eigenvalue weighted by atomic mass is 19.1. The van der Waals surface area contributed by atoms with Gasteiger partial charge in [0.05, 0.1) is 0 Å². The highest BCUT2D eigenvalue weighted by Crippen LogP contribution is 2.24. The number of rotatable bonds is 4. The van der Waals surface area contributed by atoms with Crippen LogP contribution in [-0.2, 0) is 11.2 Å². The summed E-state index contributed by atoms with van der Waals surface area (Å²) in [6.07, 6.45) is -0.354. The molecule has 0 aliphatic carbocycles. The Kier molecular flexibility index (Phi) is 4.17. The molecule has 0 saturated heterocycles. The summed E-state index contributed by atoms with van der Waals surface area (Å²) in [5.41, 5.74) is 5.38. The minimum absolute atomic E-state index is 0.101. The van der Waals surface area contributed by atoms with Crippen molar-refractivity contribution < 1.29 is 18.7 Å². The summed E-state index contributed by atoms with van der Waals surface area (Å²) in [5, 5.41) is 8.63. The molecule has 1 aromatic carbocycles. The third-order valence-corrected chi connectivity index (χ3v) is 2.58. The summed E-state index contributed by atoms with van der Waals surface area (Å²) in [7, 11) is 0. The molecule has 0 saturated carbocycles. The molecular weight excluding hydrogens is 228 g/mol. The van der Waals surface area contributed by atoms with Crippen molar-refractivity contribution in [1.29, 1.82) is 0 Å². The van der Waals surface area contributed by atoms with E-state index in [1.807, 2.05) is 0 Å². The maximum absolute atomic E-state index is 13.9. The van der Waals surface area contributed by atoms with Crippen LogP contribution in [0.4, 0.5) is 8.78 Å². The molecule has 1 rings (SSSR count). The fraction of sp³-hybridized carbons (Fsp3) is 0.417. The van der Waals surface area contributed by atoms with E-state index in [-0.39, 0.29) is 17.9 Å². The maximum Gasteiger partial charge on any atom is 0.320 e. The molecule has 94 valence electrons. The molecule has 3 nitrogen and oxygen atoms in total. The van der Waals surface area contributed by atoms with Crippen LogP contribution < -0.4 is 5.73 Å². The number of benzene rings is 1. The first-order chi connectivity index (χ1) is 7.84. The third kappa shape index (κ3) is 3.00. The third-order valence-electron chi connectivity index (χ3n) is 2.58. The van der Waals surface area contributed by atoms with E-state index >= 15 is 0 Å². The molecule has 17 heavy (non-hydrogen) atoms. The summed E-state index contributed by atoms with van der Waals surface area (Å²) < 4.78 is 27.3. The number of carboxylic acids is 1. The van der Waals surface area contributed by atoms with Crippen LogP contribution in [0.2, 0.25) is 0 Å². The largest absolute Gasteiger partial charge is 0.480 e. The highest BCUT2D eigenvalue weighted by molar-refractivity contribution is 5.73. The lowest BCUT2D eigenvalue weighted by Crippen LogP contribution is -2.33. The molecule has 1 aromatic rings. The zero-order valence-corrected chi connectivity index (χ0v) is 9.71. The number of aliphatic carboxylic acids is 1. The van der Waals surface area contributed by atoms with Crippen LogP contribution in [-0.4, -0.2) is 17.1 Å². The molecule has 0 spiro atoms. The zero-order valence-electron chi connectivity index (χ0n) is 9.71. The first-order valence-corrected chi connectivity index (χ1v) is 5.29. The van der Waals surface area contributed by atoms with Crippen molar-refractivity contribution in [3.05, 3.63) is 34.9 Å². The van der Waals surface area contributed by atoms with Gasteiger partial charge in [0, 0.05) is 12.0 Å². The number of halogens is 2. The second-order valence-electron chi connectivity index (χ2n) is 4.23. The molecule has 0 aromatic heterocycles. The molecule has 5 heteroatoms. The molecule has 0 fully saturated rings. The first kappa shape index (κ1) is 13.6. The first-order valence-electron chi connectivity index (χ1n) is 5.29. The van der Waals surface area contributed by atoms with E-state index < -0.39 is 23.6 Å². The van der Waals surface area contributed by atoms with Crippen molar-refractivity contribution in [2.75, 3.05) is 0 Å². The zero-order chi connectivity index (χ0) is 13.2. The summed E-state index contributed by atoms with van der Waals surface area (Å²) in [6.45, 7) is 3.55. The molecule has 0 heterocycles. The Morgan fingerprint density at radius 1 is 1.41 bits per heavy atom. The SMILES string of the molecule is CC(C)c1ccc(F)c(CC(N)C(=O)O)c1F. The fourth-order valence-electron chi connectivity index (χ4n) is 1.56. The summed E-state index contributed by atoms with van der Waals surface area (Å²) >= 11 is 0. The van der Waals surface area contributed by atoms with Gasteiger partial charge in [-0.1, -0.05) is 19.9 Å². The Morgan fingerprint density at radius 2 is 2.00 bits per heavy atom. The van der Waals surface area contributed by atoms with Gasteiger partial charge in [-0.3, -0.25) is 4.79 Å². The Labute approximate surface area is 98.2 Å². The number of hydrogen-bond donors (Lipinski definition) is 2. The fourth-order valence-corrected chi connectivity index (χ4v) is 1.56. The molecule has 0 aliphatic rings. The van der Waals surface area contributed by atoms with Gasteiger partial charge in [-0.25, -0.2) is 8.78 Å². The van der Waals surface area contributed by atoms with Crippen LogP contribution in [0.15, 0.2) is 12.1 Å². The summed E-state index contributed by atoms with van der Waals surface area (Å²) in [4.78, 5) is 10.6.